The summed E-state index contributed by atoms with van der Waals surface area (Å²) in [6, 6.07) is 4.15. The summed E-state index contributed by atoms with van der Waals surface area (Å²) in [5, 5.41) is 0.437. The molecule has 0 saturated carbocycles. The third-order valence-electron chi connectivity index (χ3n) is 1.27. The smallest absolute Gasteiger partial charge is 0.159 e. The third-order valence-corrected chi connectivity index (χ3v) is 1.83. The fourth-order valence-electron chi connectivity index (χ4n) is 0.731. The molecule has 0 unspecified atom stereocenters. The molecule has 0 heterocycles. The van der Waals surface area contributed by atoms with E-state index in [4.69, 9.17) is 23.2 Å². The predicted octanol–water partition coefficient (Wildman–Crippen LogP) is 3.91. The molecular formula is C9H3Cl2F3. The highest BCUT2D eigenvalue weighted by Gasteiger charge is 2.23. The van der Waals surface area contributed by atoms with Crippen LogP contribution in [0.25, 0.3) is 0 Å². The fraction of sp³-hybridized carbons (Fsp3) is 0.111. The van der Waals surface area contributed by atoms with Crippen LogP contribution < -0.4 is 0 Å². The van der Waals surface area contributed by atoms with Crippen LogP contribution in [0.3, 0.4) is 0 Å². The molecule has 1 aromatic carbocycles. The van der Waals surface area contributed by atoms with E-state index in [-0.39, 0.29) is 10.6 Å². The Morgan fingerprint density at radius 2 is 1.79 bits per heavy atom. The van der Waals surface area contributed by atoms with Gasteiger partial charge in [0.15, 0.2) is 0 Å². The minimum absolute atomic E-state index is 0.0662. The fourth-order valence-corrected chi connectivity index (χ4v) is 1.07. The van der Waals surface area contributed by atoms with Crippen LogP contribution in [0.2, 0.25) is 10.0 Å². The number of benzene rings is 1. The first-order valence-corrected chi connectivity index (χ1v) is 4.19. The molecule has 0 aromatic heterocycles. The van der Waals surface area contributed by atoms with Crippen LogP contribution in [-0.2, 0) is 0 Å². The van der Waals surface area contributed by atoms with Crippen molar-refractivity contribution in [2.24, 2.45) is 0 Å². The molecule has 0 amide bonds. The van der Waals surface area contributed by atoms with Crippen molar-refractivity contribution in [3.63, 3.8) is 0 Å². The lowest BCUT2D eigenvalue weighted by Crippen LogP contribution is -2.01. The Bertz CT molecular complexity index is 399. The van der Waals surface area contributed by atoms with Crippen LogP contribution in [0.4, 0.5) is 13.2 Å². The maximum absolute atomic E-state index is 11.7. The SMILES string of the molecule is FC(F)(F)C#Cc1cc(Cl)ccc1Cl. The standard InChI is InChI=1S/C9H3Cl2F3/c10-7-1-2-8(11)6(5-7)3-4-9(12,13)14/h1-2,5H. The first kappa shape index (κ1) is 11.2. The second-order valence-corrected chi connectivity index (χ2v) is 3.22. The highest BCUT2D eigenvalue weighted by Crippen LogP contribution is 2.20. The van der Waals surface area contributed by atoms with Gasteiger partial charge in [0.05, 0.1) is 5.02 Å². The Morgan fingerprint density at radius 3 is 2.36 bits per heavy atom. The van der Waals surface area contributed by atoms with Gasteiger partial charge in [-0.3, -0.25) is 0 Å². The largest absolute Gasteiger partial charge is 0.458 e. The minimum Gasteiger partial charge on any atom is -0.159 e. The van der Waals surface area contributed by atoms with Crippen LogP contribution in [0.5, 0.6) is 0 Å². The maximum atomic E-state index is 11.7. The predicted molar refractivity (Wildman–Crippen MR) is 49.4 cm³/mol. The molecule has 14 heavy (non-hydrogen) atoms. The summed E-state index contributed by atoms with van der Waals surface area (Å²) in [7, 11) is 0. The average molecular weight is 239 g/mol. The summed E-state index contributed by atoms with van der Waals surface area (Å²) in [6.07, 6.45) is -4.52. The molecule has 0 fully saturated rings. The van der Waals surface area contributed by atoms with Crippen LogP contribution in [-0.4, -0.2) is 6.18 Å². The third kappa shape index (κ3) is 3.49. The number of hydrogen-bond donors (Lipinski definition) is 0. The van der Waals surface area contributed by atoms with E-state index in [9.17, 15) is 13.2 Å². The van der Waals surface area contributed by atoms with E-state index in [1.807, 2.05) is 5.92 Å². The van der Waals surface area contributed by atoms with Gasteiger partial charge >= 0.3 is 6.18 Å². The van der Waals surface area contributed by atoms with Crippen molar-refractivity contribution in [1.82, 2.24) is 0 Å². The number of rotatable bonds is 0. The molecular weight excluding hydrogens is 236 g/mol. The van der Waals surface area contributed by atoms with Gasteiger partial charge in [-0.2, -0.15) is 13.2 Å². The molecule has 0 bridgehead atoms. The van der Waals surface area contributed by atoms with E-state index in [0.29, 0.717) is 5.02 Å². The topological polar surface area (TPSA) is 0 Å². The first-order chi connectivity index (χ1) is 6.38. The van der Waals surface area contributed by atoms with Crippen LogP contribution in [0.15, 0.2) is 18.2 Å². The van der Waals surface area contributed by atoms with Crippen molar-refractivity contribution in [3.05, 3.63) is 33.8 Å². The van der Waals surface area contributed by atoms with E-state index in [1.54, 1.807) is 0 Å². The summed E-state index contributed by atoms with van der Waals surface area (Å²) in [4.78, 5) is 0. The lowest BCUT2D eigenvalue weighted by molar-refractivity contribution is -0.0696. The normalized spacial score (nSPS) is 10.6. The maximum Gasteiger partial charge on any atom is 0.458 e. The molecule has 0 nitrogen and oxygen atoms in total. The molecule has 0 atom stereocenters. The summed E-state index contributed by atoms with van der Waals surface area (Å²) >= 11 is 11.2. The van der Waals surface area contributed by atoms with Crippen molar-refractivity contribution < 1.29 is 13.2 Å². The molecule has 5 heteroatoms. The minimum atomic E-state index is -4.52. The van der Waals surface area contributed by atoms with Crippen molar-refractivity contribution >= 4 is 23.2 Å². The van der Waals surface area contributed by atoms with Crippen molar-refractivity contribution in [1.29, 1.82) is 0 Å². The van der Waals surface area contributed by atoms with Crippen molar-refractivity contribution in [2.45, 2.75) is 6.18 Å². The summed E-state index contributed by atoms with van der Waals surface area (Å²) in [5.41, 5.74) is 0.0662. The highest BCUT2D eigenvalue weighted by molar-refractivity contribution is 6.33. The zero-order valence-corrected chi connectivity index (χ0v) is 8.13. The molecule has 0 aliphatic heterocycles. The molecule has 0 aliphatic rings. The van der Waals surface area contributed by atoms with E-state index in [1.165, 1.54) is 18.2 Å². The molecule has 1 aromatic rings. The zero-order chi connectivity index (χ0) is 10.8. The van der Waals surface area contributed by atoms with Gasteiger partial charge < -0.3 is 0 Å². The Morgan fingerprint density at radius 1 is 1.14 bits per heavy atom. The lowest BCUT2D eigenvalue weighted by atomic mass is 10.2. The molecule has 0 aliphatic carbocycles. The molecule has 1 rings (SSSR count). The van der Waals surface area contributed by atoms with Crippen LogP contribution >= 0.6 is 23.2 Å². The number of halogens is 5. The Labute approximate surface area is 88.6 Å². The number of alkyl halides is 3. The van der Waals surface area contributed by atoms with Gasteiger partial charge in [0.25, 0.3) is 0 Å². The van der Waals surface area contributed by atoms with Gasteiger partial charge in [0.1, 0.15) is 0 Å². The quantitative estimate of drug-likeness (QED) is 0.602. The number of hydrogen-bond acceptors (Lipinski definition) is 0. The lowest BCUT2D eigenvalue weighted by Gasteiger charge is -1.97. The van der Waals surface area contributed by atoms with E-state index in [2.05, 4.69) is 0 Å². The summed E-state index contributed by atoms with van der Waals surface area (Å²) in [5.74, 6) is 3.02. The first-order valence-electron chi connectivity index (χ1n) is 3.43. The van der Waals surface area contributed by atoms with Crippen LogP contribution in [0.1, 0.15) is 5.56 Å². The second kappa shape index (κ2) is 4.12. The van der Waals surface area contributed by atoms with E-state index >= 15 is 0 Å². The highest BCUT2D eigenvalue weighted by atomic mass is 35.5. The molecule has 0 N–H and O–H groups in total. The van der Waals surface area contributed by atoms with Crippen molar-refractivity contribution in [3.8, 4) is 11.8 Å². The Kier molecular flexibility index (Phi) is 3.30. The van der Waals surface area contributed by atoms with Gasteiger partial charge in [-0.25, -0.2) is 0 Å². The van der Waals surface area contributed by atoms with E-state index in [0.717, 1.165) is 5.92 Å². The van der Waals surface area contributed by atoms with E-state index < -0.39 is 6.18 Å². The summed E-state index contributed by atoms with van der Waals surface area (Å²) in [6.45, 7) is 0. The van der Waals surface area contributed by atoms with Crippen molar-refractivity contribution in [2.75, 3.05) is 0 Å². The monoisotopic (exact) mass is 238 g/mol. The van der Waals surface area contributed by atoms with Gasteiger partial charge in [-0.1, -0.05) is 29.1 Å². The molecule has 74 valence electrons. The summed E-state index contributed by atoms with van der Waals surface area (Å²) < 4.78 is 35.2. The second-order valence-electron chi connectivity index (χ2n) is 2.37. The van der Waals surface area contributed by atoms with Gasteiger partial charge in [0, 0.05) is 16.5 Å². The zero-order valence-electron chi connectivity index (χ0n) is 6.62. The average Bonchev–Trinajstić information content (AvgIpc) is 2.05. The molecule has 0 saturated heterocycles. The van der Waals surface area contributed by atoms with Gasteiger partial charge in [-0.15, -0.1) is 0 Å². The van der Waals surface area contributed by atoms with Crippen LogP contribution in [0, 0.1) is 11.8 Å². The molecule has 0 spiro atoms. The molecule has 0 radical (unpaired) electrons. The Hall–Kier alpha value is -0.850. The van der Waals surface area contributed by atoms with Gasteiger partial charge in [-0.05, 0) is 18.2 Å². The van der Waals surface area contributed by atoms with Gasteiger partial charge in [0.2, 0.25) is 0 Å². The Balaban J connectivity index is 3.06.